The van der Waals surface area contributed by atoms with Crippen LogP contribution in [0.2, 0.25) is 0 Å². The molecule has 2 aromatic heterocycles. The predicted molar refractivity (Wildman–Crippen MR) is 118 cm³/mol. The fourth-order valence-corrected chi connectivity index (χ4v) is 3.17. The maximum atomic E-state index is 4.72. The van der Waals surface area contributed by atoms with Crippen LogP contribution < -0.4 is 10.6 Å². The molecule has 5 nitrogen and oxygen atoms in total. The lowest BCUT2D eigenvalue weighted by Gasteiger charge is -2.14. The molecular weight excluding hydrogens is 358 g/mol. The number of pyridine rings is 1. The molecule has 29 heavy (non-hydrogen) atoms. The molecule has 0 unspecified atom stereocenters. The number of benzene rings is 2. The topological polar surface area (TPSA) is 62.7 Å². The van der Waals surface area contributed by atoms with Crippen LogP contribution in [0.25, 0.3) is 11.3 Å². The third kappa shape index (κ3) is 4.58. The Morgan fingerprint density at radius 3 is 2.34 bits per heavy atom. The van der Waals surface area contributed by atoms with Crippen molar-refractivity contribution in [2.24, 2.45) is 0 Å². The highest BCUT2D eigenvalue weighted by atomic mass is 15.1. The highest BCUT2D eigenvalue weighted by molar-refractivity contribution is 5.70. The first-order valence-corrected chi connectivity index (χ1v) is 9.59. The van der Waals surface area contributed by atoms with Crippen LogP contribution in [-0.4, -0.2) is 15.0 Å². The maximum Gasteiger partial charge on any atom is 0.225 e. The molecule has 0 aliphatic carbocycles. The Kier molecular flexibility index (Phi) is 5.47. The first-order valence-electron chi connectivity index (χ1n) is 9.59. The predicted octanol–water partition coefficient (Wildman–Crippen LogP) is 5.51. The zero-order chi connectivity index (χ0) is 20.1. The molecule has 0 spiro atoms. The van der Waals surface area contributed by atoms with Gasteiger partial charge in [0.15, 0.2) is 0 Å². The van der Waals surface area contributed by atoms with Crippen LogP contribution in [0.3, 0.4) is 0 Å². The molecule has 0 radical (unpaired) electrons. The average Bonchev–Trinajstić information content (AvgIpc) is 2.76. The summed E-state index contributed by atoms with van der Waals surface area (Å²) in [5.41, 5.74) is 6.41. The Bertz CT molecular complexity index is 1070. The maximum absolute atomic E-state index is 4.72. The standard InChI is InChI=1S/C24H23N5/c1-17-8-6-9-18(2)23(17)28-22-14-21(20-11-4-3-5-12-20)27-24(29-22)26-16-19-10-7-13-25-15-19/h3-15H,16H2,1-2H3,(H2,26,27,28,29). The van der Waals surface area contributed by atoms with Gasteiger partial charge in [-0.3, -0.25) is 4.98 Å². The summed E-state index contributed by atoms with van der Waals surface area (Å²) in [4.78, 5) is 13.6. The molecule has 0 atom stereocenters. The fraction of sp³-hybridized carbons (Fsp3) is 0.125. The summed E-state index contributed by atoms with van der Waals surface area (Å²) in [7, 11) is 0. The number of anilines is 3. The van der Waals surface area contributed by atoms with Gasteiger partial charge in [0.2, 0.25) is 5.95 Å². The second kappa shape index (κ2) is 8.52. The lowest BCUT2D eigenvalue weighted by molar-refractivity contribution is 1.04. The third-order valence-corrected chi connectivity index (χ3v) is 4.70. The van der Waals surface area contributed by atoms with Gasteiger partial charge in [0.05, 0.1) is 5.69 Å². The molecule has 2 N–H and O–H groups in total. The zero-order valence-electron chi connectivity index (χ0n) is 16.6. The van der Waals surface area contributed by atoms with Crippen LogP contribution in [0.5, 0.6) is 0 Å². The summed E-state index contributed by atoms with van der Waals surface area (Å²) >= 11 is 0. The quantitative estimate of drug-likeness (QED) is 0.461. The van der Waals surface area contributed by atoms with Crippen molar-refractivity contribution in [1.82, 2.24) is 15.0 Å². The van der Waals surface area contributed by atoms with E-state index in [0.29, 0.717) is 12.5 Å². The van der Waals surface area contributed by atoms with Gasteiger partial charge in [-0.1, -0.05) is 54.6 Å². The van der Waals surface area contributed by atoms with Crippen molar-refractivity contribution in [3.63, 3.8) is 0 Å². The molecule has 0 saturated carbocycles. The van der Waals surface area contributed by atoms with Gasteiger partial charge in [-0.2, -0.15) is 4.98 Å². The average molecular weight is 381 g/mol. The Morgan fingerprint density at radius 1 is 0.828 bits per heavy atom. The van der Waals surface area contributed by atoms with E-state index in [4.69, 9.17) is 9.97 Å². The highest BCUT2D eigenvalue weighted by Crippen LogP contribution is 2.27. The van der Waals surface area contributed by atoms with E-state index >= 15 is 0 Å². The molecule has 5 heteroatoms. The van der Waals surface area contributed by atoms with Gasteiger partial charge in [-0.05, 0) is 36.6 Å². The molecule has 0 amide bonds. The molecular formula is C24H23N5. The Balaban J connectivity index is 1.68. The van der Waals surface area contributed by atoms with E-state index in [0.717, 1.165) is 28.3 Å². The number of hydrogen-bond donors (Lipinski definition) is 2. The van der Waals surface area contributed by atoms with Crippen molar-refractivity contribution in [2.75, 3.05) is 10.6 Å². The number of para-hydroxylation sites is 1. The van der Waals surface area contributed by atoms with Crippen molar-refractivity contribution >= 4 is 17.5 Å². The van der Waals surface area contributed by atoms with E-state index in [1.54, 1.807) is 6.20 Å². The van der Waals surface area contributed by atoms with Gasteiger partial charge in [0.1, 0.15) is 5.82 Å². The minimum atomic E-state index is 0.573. The summed E-state index contributed by atoms with van der Waals surface area (Å²) < 4.78 is 0. The summed E-state index contributed by atoms with van der Waals surface area (Å²) in [6.45, 7) is 4.79. The largest absolute Gasteiger partial charge is 0.350 e. The van der Waals surface area contributed by atoms with Crippen molar-refractivity contribution in [2.45, 2.75) is 20.4 Å². The van der Waals surface area contributed by atoms with Crippen molar-refractivity contribution in [3.05, 3.63) is 95.8 Å². The summed E-state index contributed by atoms with van der Waals surface area (Å²) in [6, 6.07) is 22.3. The van der Waals surface area contributed by atoms with Crippen LogP contribution >= 0.6 is 0 Å². The van der Waals surface area contributed by atoms with Crippen LogP contribution in [0.15, 0.2) is 79.1 Å². The number of nitrogens with zero attached hydrogens (tertiary/aromatic N) is 3. The number of hydrogen-bond acceptors (Lipinski definition) is 5. The number of aromatic nitrogens is 3. The lowest BCUT2D eigenvalue weighted by Crippen LogP contribution is -2.07. The third-order valence-electron chi connectivity index (χ3n) is 4.70. The van der Waals surface area contributed by atoms with E-state index in [9.17, 15) is 0 Å². The molecule has 0 saturated heterocycles. The molecule has 0 bridgehead atoms. The summed E-state index contributed by atoms with van der Waals surface area (Å²) in [5.74, 6) is 1.33. The van der Waals surface area contributed by atoms with Crippen LogP contribution in [0.1, 0.15) is 16.7 Å². The van der Waals surface area contributed by atoms with Crippen LogP contribution in [-0.2, 0) is 6.54 Å². The highest BCUT2D eigenvalue weighted by Gasteiger charge is 2.09. The first kappa shape index (κ1) is 18.6. The van der Waals surface area contributed by atoms with Gasteiger partial charge < -0.3 is 10.6 Å². The molecule has 2 aromatic carbocycles. The number of rotatable bonds is 6. The Labute approximate surface area is 170 Å². The smallest absolute Gasteiger partial charge is 0.225 e. The summed E-state index contributed by atoms with van der Waals surface area (Å²) in [6.07, 6.45) is 3.60. The first-order chi connectivity index (χ1) is 14.2. The van der Waals surface area contributed by atoms with E-state index in [1.165, 1.54) is 11.1 Å². The van der Waals surface area contributed by atoms with Gasteiger partial charge in [0.25, 0.3) is 0 Å². The van der Waals surface area contributed by atoms with E-state index in [2.05, 4.69) is 59.8 Å². The number of nitrogens with one attached hydrogen (secondary N) is 2. The van der Waals surface area contributed by atoms with Crippen LogP contribution in [0.4, 0.5) is 17.5 Å². The van der Waals surface area contributed by atoms with Crippen molar-refractivity contribution in [3.8, 4) is 11.3 Å². The van der Waals surface area contributed by atoms with Crippen molar-refractivity contribution < 1.29 is 0 Å². The van der Waals surface area contributed by atoms with E-state index in [-0.39, 0.29) is 0 Å². The molecule has 4 rings (SSSR count). The monoisotopic (exact) mass is 381 g/mol. The molecule has 0 fully saturated rings. The fourth-order valence-electron chi connectivity index (χ4n) is 3.17. The molecule has 2 heterocycles. The van der Waals surface area contributed by atoms with Gasteiger partial charge >= 0.3 is 0 Å². The molecule has 4 aromatic rings. The van der Waals surface area contributed by atoms with Gasteiger partial charge in [0, 0.05) is 36.3 Å². The second-order valence-corrected chi connectivity index (χ2v) is 6.93. The summed E-state index contributed by atoms with van der Waals surface area (Å²) in [5, 5.41) is 6.81. The Morgan fingerprint density at radius 2 is 1.62 bits per heavy atom. The normalized spacial score (nSPS) is 10.6. The van der Waals surface area contributed by atoms with Crippen molar-refractivity contribution in [1.29, 1.82) is 0 Å². The molecule has 0 aliphatic heterocycles. The Hall–Kier alpha value is -3.73. The SMILES string of the molecule is Cc1cccc(C)c1Nc1cc(-c2ccccc2)nc(NCc2cccnc2)n1. The lowest BCUT2D eigenvalue weighted by atomic mass is 10.1. The van der Waals surface area contributed by atoms with Gasteiger partial charge in [-0.15, -0.1) is 0 Å². The second-order valence-electron chi connectivity index (χ2n) is 6.93. The molecule has 144 valence electrons. The van der Waals surface area contributed by atoms with Gasteiger partial charge in [-0.25, -0.2) is 4.98 Å². The van der Waals surface area contributed by atoms with Crippen LogP contribution in [0, 0.1) is 13.8 Å². The van der Waals surface area contributed by atoms with E-state index in [1.807, 2.05) is 42.6 Å². The minimum Gasteiger partial charge on any atom is -0.350 e. The molecule has 0 aliphatic rings. The van der Waals surface area contributed by atoms with E-state index < -0.39 is 0 Å². The number of aryl methyl sites for hydroxylation is 2. The minimum absolute atomic E-state index is 0.573. The zero-order valence-corrected chi connectivity index (χ0v) is 16.6.